The van der Waals surface area contributed by atoms with Gasteiger partial charge in [-0.1, -0.05) is 24.4 Å². The number of hydrogen-bond acceptors (Lipinski definition) is 2. The number of rotatable bonds is 1. The fraction of sp³-hybridized carbons (Fsp3) is 0.611. The Morgan fingerprint density at radius 3 is 2.52 bits per heavy atom. The van der Waals surface area contributed by atoms with E-state index in [0.29, 0.717) is 6.42 Å². The van der Waals surface area contributed by atoms with Gasteiger partial charge in [0, 0.05) is 28.2 Å². The molecule has 1 aromatic rings. The zero-order valence-corrected chi connectivity index (χ0v) is 13.9. The summed E-state index contributed by atoms with van der Waals surface area (Å²) in [5, 5.41) is 9.95. The van der Waals surface area contributed by atoms with Crippen LogP contribution in [0.4, 0.5) is 5.69 Å². The van der Waals surface area contributed by atoms with Crippen LogP contribution >= 0.6 is 11.6 Å². The van der Waals surface area contributed by atoms with Crippen molar-refractivity contribution in [3.05, 3.63) is 28.3 Å². The van der Waals surface area contributed by atoms with E-state index in [1.165, 1.54) is 36.9 Å². The Morgan fingerprint density at radius 2 is 1.95 bits per heavy atom. The van der Waals surface area contributed by atoms with Crippen molar-refractivity contribution < 1.29 is 0 Å². The topological polar surface area (TPSA) is 27.0 Å². The van der Waals surface area contributed by atoms with E-state index in [1.54, 1.807) is 0 Å². The maximum Gasteiger partial charge on any atom is 0.0670 e. The quantitative estimate of drug-likeness (QED) is 0.742. The van der Waals surface area contributed by atoms with Gasteiger partial charge in [-0.3, -0.25) is 0 Å². The number of benzene rings is 1. The zero-order valence-electron chi connectivity index (χ0n) is 13.2. The lowest BCUT2D eigenvalue weighted by Gasteiger charge is -2.37. The smallest absolute Gasteiger partial charge is 0.0670 e. The first-order valence-electron chi connectivity index (χ1n) is 7.85. The van der Waals surface area contributed by atoms with Crippen LogP contribution < -0.4 is 4.90 Å². The van der Waals surface area contributed by atoms with Gasteiger partial charge in [-0.05, 0) is 56.9 Å². The molecule has 0 amide bonds. The zero-order chi connectivity index (χ0) is 15.3. The summed E-state index contributed by atoms with van der Waals surface area (Å²) in [6.07, 6.45) is 5.54. The summed E-state index contributed by atoms with van der Waals surface area (Å²) in [5.74, 6) is 0. The second-order valence-corrected chi connectivity index (χ2v) is 7.98. The summed E-state index contributed by atoms with van der Waals surface area (Å²) in [5.41, 5.74) is 4.11. The Labute approximate surface area is 132 Å². The molecular weight excluding hydrogens is 280 g/mol. The van der Waals surface area contributed by atoms with Gasteiger partial charge in [0.2, 0.25) is 0 Å². The van der Waals surface area contributed by atoms with Gasteiger partial charge >= 0.3 is 0 Å². The molecule has 1 heterocycles. The molecule has 0 saturated heterocycles. The van der Waals surface area contributed by atoms with Crippen LogP contribution in [0.5, 0.6) is 0 Å². The van der Waals surface area contributed by atoms with Crippen LogP contribution in [0, 0.1) is 11.3 Å². The van der Waals surface area contributed by atoms with Crippen molar-refractivity contribution in [3.63, 3.8) is 0 Å². The number of nitriles is 1. The van der Waals surface area contributed by atoms with E-state index < -0.39 is 0 Å². The van der Waals surface area contributed by atoms with E-state index in [-0.39, 0.29) is 11.0 Å². The molecule has 21 heavy (non-hydrogen) atoms. The van der Waals surface area contributed by atoms with E-state index >= 15 is 0 Å². The van der Waals surface area contributed by atoms with E-state index in [0.717, 1.165) is 17.1 Å². The molecule has 2 nitrogen and oxygen atoms in total. The summed E-state index contributed by atoms with van der Waals surface area (Å²) >= 11 is 6.36. The Hall–Kier alpha value is -1.20. The molecule has 0 aromatic heterocycles. The normalized spacial score (nSPS) is 19.9. The van der Waals surface area contributed by atoms with Crippen molar-refractivity contribution in [2.75, 3.05) is 11.4 Å². The number of halogens is 1. The van der Waals surface area contributed by atoms with Crippen molar-refractivity contribution in [2.45, 2.75) is 63.8 Å². The molecule has 1 saturated carbocycles. The van der Waals surface area contributed by atoms with E-state index in [1.807, 2.05) is 6.07 Å². The maximum atomic E-state index is 9.18. The number of fused-ring (bicyclic) bond motifs is 2. The molecule has 0 atom stereocenters. The molecule has 3 heteroatoms. The van der Waals surface area contributed by atoms with Gasteiger partial charge in [-0.2, -0.15) is 5.26 Å². The SMILES string of the molecule is CC(C)(C)N1CC2(CCCC2)c2cc(Cl)cc(CC#N)c21. The average molecular weight is 303 g/mol. The van der Waals surface area contributed by atoms with Gasteiger partial charge in [0.1, 0.15) is 0 Å². The highest BCUT2D eigenvalue weighted by Gasteiger charge is 2.47. The number of nitrogens with zero attached hydrogens (tertiary/aromatic N) is 2. The molecule has 112 valence electrons. The predicted octanol–water partition coefficient (Wildman–Crippen LogP) is 4.84. The van der Waals surface area contributed by atoms with Gasteiger partial charge in [0.25, 0.3) is 0 Å². The third-order valence-corrected chi connectivity index (χ3v) is 5.31. The maximum absolute atomic E-state index is 9.18. The fourth-order valence-electron chi connectivity index (χ4n) is 4.12. The van der Waals surface area contributed by atoms with E-state index in [4.69, 9.17) is 11.6 Å². The third-order valence-electron chi connectivity index (χ3n) is 5.10. The molecule has 2 aliphatic rings. The highest BCUT2D eigenvalue weighted by molar-refractivity contribution is 6.30. The van der Waals surface area contributed by atoms with Gasteiger partial charge in [0.05, 0.1) is 12.5 Å². The Balaban J connectivity index is 2.21. The Kier molecular flexibility index (Phi) is 3.45. The van der Waals surface area contributed by atoms with Gasteiger partial charge in [-0.15, -0.1) is 0 Å². The minimum absolute atomic E-state index is 0.0683. The minimum Gasteiger partial charge on any atom is -0.365 e. The molecule has 1 fully saturated rings. The van der Waals surface area contributed by atoms with Gasteiger partial charge in [0.15, 0.2) is 0 Å². The van der Waals surface area contributed by atoms with Crippen molar-refractivity contribution in [1.29, 1.82) is 5.26 Å². The third kappa shape index (κ3) is 2.32. The van der Waals surface area contributed by atoms with Gasteiger partial charge in [-0.25, -0.2) is 0 Å². The lowest BCUT2D eigenvalue weighted by molar-refractivity contribution is 0.418. The highest BCUT2D eigenvalue weighted by atomic mass is 35.5. The first-order chi connectivity index (χ1) is 9.87. The van der Waals surface area contributed by atoms with E-state index in [9.17, 15) is 5.26 Å². The molecule has 0 bridgehead atoms. The Bertz CT molecular complexity index is 601. The van der Waals surface area contributed by atoms with Crippen molar-refractivity contribution in [2.24, 2.45) is 0 Å². The lowest BCUT2D eigenvalue weighted by Crippen LogP contribution is -2.43. The van der Waals surface area contributed by atoms with Crippen molar-refractivity contribution in [1.82, 2.24) is 0 Å². The van der Waals surface area contributed by atoms with E-state index in [2.05, 4.69) is 37.8 Å². The summed E-state index contributed by atoms with van der Waals surface area (Å²) in [4.78, 5) is 2.51. The molecule has 1 aliphatic heterocycles. The largest absolute Gasteiger partial charge is 0.365 e. The fourth-order valence-corrected chi connectivity index (χ4v) is 4.36. The first kappa shape index (κ1) is 14.7. The molecule has 1 aliphatic carbocycles. The number of anilines is 1. The second-order valence-electron chi connectivity index (χ2n) is 7.54. The van der Waals surface area contributed by atoms with Crippen LogP contribution in [0.1, 0.15) is 57.6 Å². The highest BCUT2D eigenvalue weighted by Crippen LogP contribution is 2.54. The molecule has 0 radical (unpaired) electrons. The van der Waals surface area contributed by atoms with Crippen LogP contribution in [0.3, 0.4) is 0 Å². The molecular formula is C18H23ClN2. The first-order valence-corrected chi connectivity index (χ1v) is 8.23. The summed E-state index contributed by atoms with van der Waals surface area (Å²) in [6.45, 7) is 7.85. The number of hydrogen-bond donors (Lipinski definition) is 0. The summed E-state index contributed by atoms with van der Waals surface area (Å²) < 4.78 is 0. The van der Waals surface area contributed by atoms with Crippen LogP contribution in [0.25, 0.3) is 0 Å². The van der Waals surface area contributed by atoms with Crippen LogP contribution in [0.15, 0.2) is 12.1 Å². The van der Waals surface area contributed by atoms with Crippen LogP contribution in [-0.2, 0) is 11.8 Å². The van der Waals surface area contributed by atoms with Crippen LogP contribution in [-0.4, -0.2) is 12.1 Å². The average Bonchev–Trinajstić information content (AvgIpc) is 2.97. The molecule has 1 spiro atoms. The van der Waals surface area contributed by atoms with Gasteiger partial charge < -0.3 is 4.90 Å². The molecule has 0 N–H and O–H groups in total. The predicted molar refractivity (Wildman–Crippen MR) is 88.0 cm³/mol. The molecule has 0 unspecified atom stereocenters. The summed E-state index contributed by atoms with van der Waals surface area (Å²) in [7, 11) is 0. The monoisotopic (exact) mass is 302 g/mol. The van der Waals surface area contributed by atoms with Crippen molar-refractivity contribution >= 4 is 17.3 Å². The Morgan fingerprint density at radius 1 is 1.29 bits per heavy atom. The molecule has 3 rings (SSSR count). The molecule has 1 aromatic carbocycles. The lowest BCUT2D eigenvalue weighted by atomic mass is 9.80. The van der Waals surface area contributed by atoms with Crippen LogP contribution in [0.2, 0.25) is 5.02 Å². The van der Waals surface area contributed by atoms with Crippen molar-refractivity contribution in [3.8, 4) is 6.07 Å². The summed E-state index contributed by atoms with van der Waals surface area (Å²) in [6, 6.07) is 6.45. The standard InChI is InChI=1S/C18H23ClN2/c1-17(2,3)21-12-18(7-4-5-8-18)15-11-14(19)10-13(6-9-20)16(15)21/h10-11H,4-8,12H2,1-3H3. The minimum atomic E-state index is 0.0683. The second kappa shape index (κ2) is 4.92.